The van der Waals surface area contributed by atoms with Crippen LogP contribution in [0.1, 0.15) is 12.5 Å². The van der Waals surface area contributed by atoms with Crippen molar-refractivity contribution in [3.8, 4) is 0 Å². The van der Waals surface area contributed by atoms with Crippen molar-refractivity contribution in [3.05, 3.63) is 29.8 Å². The normalized spacial score (nSPS) is 19.1. The van der Waals surface area contributed by atoms with Crippen molar-refractivity contribution in [1.29, 1.82) is 0 Å². The Hall–Kier alpha value is -1.82. The molecule has 0 bridgehead atoms. The van der Waals surface area contributed by atoms with Crippen LogP contribution in [0.15, 0.2) is 24.3 Å². The van der Waals surface area contributed by atoms with E-state index >= 15 is 0 Å². The summed E-state index contributed by atoms with van der Waals surface area (Å²) >= 11 is 1.30. The molecule has 1 aromatic carbocycles. The van der Waals surface area contributed by atoms with Gasteiger partial charge >= 0.3 is 0 Å². The molecular formula is C14H16N2O3S. The Labute approximate surface area is 121 Å². The number of anilines is 1. The fourth-order valence-electron chi connectivity index (χ4n) is 1.83. The number of carbonyl (C=O) groups is 3. The number of amides is 3. The van der Waals surface area contributed by atoms with Gasteiger partial charge in [-0.15, -0.1) is 11.8 Å². The lowest BCUT2D eigenvalue weighted by Crippen LogP contribution is -2.49. The van der Waals surface area contributed by atoms with Gasteiger partial charge in [-0.05, 0) is 26.0 Å². The van der Waals surface area contributed by atoms with Gasteiger partial charge in [-0.25, -0.2) is 0 Å². The number of benzene rings is 1. The first-order valence-corrected chi connectivity index (χ1v) is 7.34. The molecule has 0 aliphatic carbocycles. The molecule has 1 saturated heterocycles. The fraction of sp³-hybridized carbons (Fsp3) is 0.357. The summed E-state index contributed by atoms with van der Waals surface area (Å²) in [5.41, 5.74) is 1.75. The van der Waals surface area contributed by atoms with Crippen molar-refractivity contribution < 1.29 is 14.4 Å². The second kappa shape index (κ2) is 6.09. The molecule has 1 aliphatic heterocycles. The molecule has 5 nitrogen and oxygen atoms in total. The Morgan fingerprint density at radius 3 is 2.65 bits per heavy atom. The predicted octanol–water partition coefficient (Wildman–Crippen LogP) is 1.42. The Morgan fingerprint density at radius 2 is 2.00 bits per heavy atom. The molecule has 0 unspecified atom stereocenters. The van der Waals surface area contributed by atoms with Gasteiger partial charge in [0.15, 0.2) is 0 Å². The highest BCUT2D eigenvalue weighted by molar-refractivity contribution is 8.01. The highest BCUT2D eigenvalue weighted by Gasteiger charge is 2.33. The minimum absolute atomic E-state index is 0.226. The van der Waals surface area contributed by atoms with Crippen LogP contribution >= 0.6 is 11.8 Å². The lowest BCUT2D eigenvalue weighted by Gasteiger charge is -2.27. The molecule has 1 atom stereocenters. The average molecular weight is 292 g/mol. The molecule has 20 heavy (non-hydrogen) atoms. The van der Waals surface area contributed by atoms with Gasteiger partial charge in [0.2, 0.25) is 17.7 Å². The third-order valence-electron chi connectivity index (χ3n) is 3.01. The summed E-state index contributed by atoms with van der Waals surface area (Å²) in [7, 11) is 0. The summed E-state index contributed by atoms with van der Waals surface area (Å²) in [6, 6.07) is 7.33. The van der Waals surface area contributed by atoms with E-state index in [-0.39, 0.29) is 35.3 Å². The number of hydrogen-bond acceptors (Lipinski definition) is 4. The van der Waals surface area contributed by atoms with Crippen LogP contribution < -0.4 is 5.32 Å². The van der Waals surface area contributed by atoms with Gasteiger partial charge in [-0.2, -0.15) is 0 Å². The van der Waals surface area contributed by atoms with Gasteiger partial charge in [0.25, 0.3) is 0 Å². The Bertz CT molecular complexity index is 542. The SMILES string of the molecule is Cc1ccc(NC(=O)CN2C(=O)CS[C@H](C)C2=O)cc1. The van der Waals surface area contributed by atoms with E-state index in [0.717, 1.165) is 10.5 Å². The van der Waals surface area contributed by atoms with Crippen LogP contribution in [-0.4, -0.2) is 40.2 Å². The van der Waals surface area contributed by atoms with Gasteiger partial charge in [0, 0.05) is 5.69 Å². The van der Waals surface area contributed by atoms with Crippen LogP contribution in [0.2, 0.25) is 0 Å². The number of imide groups is 1. The standard InChI is InChI=1S/C14H16N2O3S/c1-9-3-5-11(6-4-9)15-12(17)7-16-13(18)8-20-10(2)14(16)19/h3-6,10H,7-8H2,1-2H3,(H,15,17)/t10-/m1/s1. The molecule has 0 saturated carbocycles. The summed E-state index contributed by atoms with van der Waals surface area (Å²) < 4.78 is 0. The zero-order valence-corrected chi connectivity index (χ0v) is 12.2. The molecule has 1 aliphatic rings. The summed E-state index contributed by atoms with van der Waals surface area (Å²) in [4.78, 5) is 36.5. The number of nitrogens with one attached hydrogen (secondary N) is 1. The molecule has 1 heterocycles. The van der Waals surface area contributed by atoms with Crippen molar-refractivity contribution >= 4 is 35.2 Å². The minimum atomic E-state index is -0.366. The highest BCUT2D eigenvalue weighted by atomic mass is 32.2. The number of carbonyl (C=O) groups excluding carboxylic acids is 3. The Balaban J connectivity index is 1.98. The molecule has 1 aromatic rings. The number of thioether (sulfide) groups is 1. The van der Waals surface area contributed by atoms with E-state index in [4.69, 9.17) is 0 Å². The largest absolute Gasteiger partial charge is 0.325 e. The molecule has 1 N–H and O–H groups in total. The third kappa shape index (κ3) is 3.39. The van der Waals surface area contributed by atoms with Crippen molar-refractivity contribution in [2.45, 2.75) is 19.1 Å². The Kier molecular flexibility index (Phi) is 4.44. The quantitative estimate of drug-likeness (QED) is 0.856. The fourth-order valence-corrected chi connectivity index (χ4v) is 2.65. The summed E-state index contributed by atoms with van der Waals surface area (Å²) in [5, 5.41) is 2.40. The molecule has 106 valence electrons. The van der Waals surface area contributed by atoms with E-state index in [9.17, 15) is 14.4 Å². The van der Waals surface area contributed by atoms with Crippen molar-refractivity contribution in [2.75, 3.05) is 17.6 Å². The van der Waals surface area contributed by atoms with Gasteiger partial charge in [0.05, 0.1) is 11.0 Å². The first-order chi connectivity index (χ1) is 9.47. The van der Waals surface area contributed by atoms with Crippen molar-refractivity contribution in [3.63, 3.8) is 0 Å². The van der Waals surface area contributed by atoms with E-state index in [0.29, 0.717) is 5.69 Å². The molecule has 3 amide bonds. The Morgan fingerprint density at radius 1 is 1.35 bits per heavy atom. The molecule has 1 fully saturated rings. The predicted molar refractivity (Wildman–Crippen MR) is 78.4 cm³/mol. The topological polar surface area (TPSA) is 66.5 Å². The van der Waals surface area contributed by atoms with E-state index in [1.54, 1.807) is 19.1 Å². The monoisotopic (exact) mass is 292 g/mol. The second-order valence-corrected chi connectivity index (χ2v) is 6.01. The van der Waals surface area contributed by atoms with Crippen LogP contribution in [0.25, 0.3) is 0 Å². The van der Waals surface area contributed by atoms with Gasteiger partial charge in [-0.3, -0.25) is 19.3 Å². The van der Waals surface area contributed by atoms with Crippen LogP contribution in [-0.2, 0) is 14.4 Å². The van der Waals surface area contributed by atoms with Crippen LogP contribution in [0.5, 0.6) is 0 Å². The molecule has 0 radical (unpaired) electrons. The lowest BCUT2D eigenvalue weighted by molar-refractivity contribution is -0.145. The summed E-state index contributed by atoms with van der Waals surface area (Å²) in [6.07, 6.45) is 0. The maximum atomic E-state index is 11.9. The maximum absolute atomic E-state index is 11.9. The number of hydrogen-bond donors (Lipinski definition) is 1. The molecular weight excluding hydrogens is 276 g/mol. The highest BCUT2D eigenvalue weighted by Crippen LogP contribution is 2.20. The first-order valence-electron chi connectivity index (χ1n) is 6.29. The van der Waals surface area contributed by atoms with Crippen LogP contribution in [0.3, 0.4) is 0 Å². The van der Waals surface area contributed by atoms with Gasteiger partial charge < -0.3 is 5.32 Å². The van der Waals surface area contributed by atoms with E-state index in [1.807, 2.05) is 19.1 Å². The average Bonchev–Trinajstić information content (AvgIpc) is 2.42. The van der Waals surface area contributed by atoms with E-state index in [2.05, 4.69) is 5.32 Å². The number of rotatable bonds is 3. The zero-order chi connectivity index (χ0) is 14.7. The number of aryl methyl sites for hydroxylation is 1. The molecule has 6 heteroatoms. The molecule has 2 rings (SSSR count). The van der Waals surface area contributed by atoms with Crippen molar-refractivity contribution in [1.82, 2.24) is 4.90 Å². The molecule has 0 spiro atoms. The van der Waals surface area contributed by atoms with E-state index in [1.165, 1.54) is 11.8 Å². The summed E-state index contributed by atoms with van der Waals surface area (Å²) in [5.74, 6) is -0.734. The summed E-state index contributed by atoms with van der Waals surface area (Å²) in [6.45, 7) is 3.47. The van der Waals surface area contributed by atoms with Gasteiger partial charge in [-0.1, -0.05) is 17.7 Å². The van der Waals surface area contributed by atoms with Crippen LogP contribution in [0.4, 0.5) is 5.69 Å². The number of nitrogens with zero attached hydrogens (tertiary/aromatic N) is 1. The van der Waals surface area contributed by atoms with Crippen molar-refractivity contribution in [2.24, 2.45) is 0 Å². The minimum Gasteiger partial charge on any atom is -0.325 e. The third-order valence-corrected chi connectivity index (χ3v) is 4.12. The van der Waals surface area contributed by atoms with Gasteiger partial charge in [0.1, 0.15) is 6.54 Å². The smallest absolute Gasteiger partial charge is 0.244 e. The maximum Gasteiger partial charge on any atom is 0.244 e. The van der Waals surface area contributed by atoms with Crippen LogP contribution in [0, 0.1) is 6.92 Å². The lowest BCUT2D eigenvalue weighted by atomic mass is 10.2. The van der Waals surface area contributed by atoms with E-state index < -0.39 is 0 Å². The first kappa shape index (κ1) is 14.6. The second-order valence-electron chi connectivity index (χ2n) is 4.69. The molecule has 0 aromatic heterocycles. The zero-order valence-electron chi connectivity index (χ0n) is 11.4.